The third-order valence-electron chi connectivity index (χ3n) is 5.68. The van der Waals surface area contributed by atoms with Crippen molar-refractivity contribution < 1.29 is 0 Å². The van der Waals surface area contributed by atoms with E-state index in [0.717, 1.165) is 54.8 Å². The SMILES string of the molecule is c1cnc(N2CCN(c3nc(NC4CCCC4)c4ccccc4n3)CC2)nc1. The van der Waals surface area contributed by atoms with Crippen LogP contribution in [0.3, 0.4) is 0 Å². The molecule has 0 unspecified atom stereocenters. The molecule has 1 saturated carbocycles. The van der Waals surface area contributed by atoms with Crippen LogP contribution in [0.25, 0.3) is 10.9 Å². The molecule has 144 valence electrons. The van der Waals surface area contributed by atoms with Gasteiger partial charge < -0.3 is 15.1 Å². The molecule has 1 aliphatic heterocycles. The number of aromatic nitrogens is 4. The van der Waals surface area contributed by atoms with Crippen molar-refractivity contribution in [2.75, 3.05) is 41.3 Å². The second kappa shape index (κ2) is 7.58. The Morgan fingerprint density at radius 1 is 0.786 bits per heavy atom. The van der Waals surface area contributed by atoms with Gasteiger partial charge in [-0.05, 0) is 31.0 Å². The highest BCUT2D eigenvalue weighted by Crippen LogP contribution is 2.28. The standard InChI is InChI=1S/C21H25N7/c1-2-7-16(6-1)24-19-17-8-3-4-9-18(17)25-21(26-19)28-14-12-27(13-15-28)20-22-10-5-11-23-20/h3-5,8-11,16H,1-2,6-7,12-15H2,(H,24,25,26). The number of benzene rings is 1. The van der Waals surface area contributed by atoms with Gasteiger partial charge in [0.1, 0.15) is 5.82 Å². The first kappa shape index (κ1) is 17.2. The quantitative estimate of drug-likeness (QED) is 0.751. The summed E-state index contributed by atoms with van der Waals surface area (Å²) in [5.41, 5.74) is 1.00. The normalized spacial score (nSPS) is 18.0. The summed E-state index contributed by atoms with van der Waals surface area (Å²) >= 11 is 0. The van der Waals surface area contributed by atoms with Gasteiger partial charge in [0.2, 0.25) is 11.9 Å². The van der Waals surface area contributed by atoms with Crippen molar-refractivity contribution in [1.29, 1.82) is 0 Å². The number of nitrogens with zero attached hydrogens (tertiary/aromatic N) is 6. The van der Waals surface area contributed by atoms with Gasteiger partial charge >= 0.3 is 0 Å². The van der Waals surface area contributed by atoms with Gasteiger partial charge in [0.25, 0.3) is 0 Å². The predicted octanol–water partition coefficient (Wildman–Crippen LogP) is 3.10. The predicted molar refractivity (Wildman–Crippen MR) is 112 cm³/mol. The van der Waals surface area contributed by atoms with Gasteiger partial charge in [0, 0.05) is 50.0 Å². The van der Waals surface area contributed by atoms with Gasteiger partial charge in [-0.25, -0.2) is 15.0 Å². The van der Waals surface area contributed by atoms with Gasteiger partial charge in [-0.1, -0.05) is 25.0 Å². The van der Waals surface area contributed by atoms with E-state index in [0.29, 0.717) is 6.04 Å². The van der Waals surface area contributed by atoms with Crippen molar-refractivity contribution >= 4 is 28.6 Å². The van der Waals surface area contributed by atoms with E-state index in [2.05, 4.69) is 43.3 Å². The van der Waals surface area contributed by atoms with Crippen molar-refractivity contribution in [3.63, 3.8) is 0 Å². The maximum absolute atomic E-state index is 4.94. The maximum atomic E-state index is 4.94. The molecule has 0 radical (unpaired) electrons. The van der Waals surface area contributed by atoms with Gasteiger partial charge in [-0.3, -0.25) is 0 Å². The zero-order chi connectivity index (χ0) is 18.8. The second-order valence-electron chi connectivity index (χ2n) is 7.54. The molecule has 3 heterocycles. The third-order valence-corrected chi connectivity index (χ3v) is 5.68. The Kier molecular flexibility index (Phi) is 4.64. The summed E-state index contributed by atoms with van der Waals surface area (Å²) in [4.78, 5) is 23.0. The topological polar surface area (TPSA) is 70.1 Å². The Balaban J connectivity index is 1.38. The average molecular weight is 375 g/mol. The number of nitrogens with one attached hydrogen (secondary N) is 1. The lowest BCUT2D eigenvalue weighted by Gasteiger charge is -2.34. The summed E-state index contributed by atoms with van der Waals surface area (Å²) in [5, 5.41) is 4.80. The number of hydrogen-bond acceptors (Lipinski definition) is 7. The van der Waals surface area contributed by atoms with Crippen LogP contribution in [0.1, 0.15) is 25.7 Å². The van der Waals surface area contributed by atoms with Crippen molar-refractivity contribution in [3.05, 3.63) is 42.7 Å². The molecule has 28 heavy (non-hydrogen) atoms. The Morgan fingerprint density at radius 2 is 1.46 bits per heavy atom. The number of para-hydroxylation sites is 1. The molecule has 0 bridgehead atoms. The third kappa shape index (κ3) is 3.44. The van der Waals surface area contributed by atoms with E-state index >= 15 is 0 Å². The van der Waals surface area contributed by atoms with Crippen LogP contribution in [0, 0.1) is 0 Å². The van der Waals surface area contributed by atoms with Crippen molar-refractivity contribution in [2.24, 2.45) is 0 Å². The summed E-state index contributed by atoms with van der Waals surface area (Å²) in [6.07, 6.45) is 8.64. The van der Waals surface area contributed by atoms with E-state index in [1.54, 1.807) is 12.4 Å². The zero-order valence-corrected chi connectivity index (χ0v) is 16.0. The molecule has 0 amide bonds. The van der Waals surface area contributed by atoms with Gasteiger partial charge in [0.15, 0.2) is 0 Å². The van der Waals surface area contributed by atoms with Gasteiger partial charge in [-0.2, -0.15) is 4.98 Å². The number of anilines is 3. The number of piperazine rings is 1. The highest BCUT2D eigenvalue weighted by Gasteiger charge is 2.23. The van der Waals surface area contributed by atoms with E-state index in [1.807, 2.05) is 12.1 Å². The molecular formula is C21H25N7. The first-order chi connectivity index (χ1) is 13.9. The molecule has 3 aromatic rings. The summed E-state index contributed by atoms with van der Waals surface area (Å²) < 4.78 is 0. The molecule has 2 aliphatic rings. The minimum Gasteiger partial charge on any atom is -0.367 e. The molecule has 7 heteroatoms. The smallest absolute Gasteiger partial charge is 0.228 e. The Labute approximate surface area is 164 Å². The number of hydrogen-bond donors (Lipinski definition) is 1. The summed E-state index contributed by atoms with van der Waals surface area (Å²) in [6, 6.07) is 10.7. The highest BCUT2D eigenvalue weighted by atomic mass is 15.4. The van der Waals surface area contributed by atoms with E-state index in [9.17, 15) is 0 Å². The molecule has 7 nitrogen and oxygen atoms in total. The summed E-state index contributed by atoms with van der Waals surface area (Å²) in [6.45, 7) is 3.45. The van der Waals surface area contributed by atoms with E-state index in [-0.39, 0.29) is 0 Å². The van der Waals surface area contributed by atoms with Crippen LogP contribution in [-0.2, 0) is 0 Å². The lowest BCUT2D eigenvalue weighted by Crippen LogP contribution is -2.47. The summed E-state index contributed by atoms with van der Waals surface area (Å²) in [7, 11) is 0. The van der Waals surface area contributed by atoms with Crippen LogP contribution in [-0.4, -0.2) is 52.2 Å². The Morgan fingerprint density at radius 3 is 2.21 bits per heavy atom. The van der Waals surface area contributed by atoms with Crippen molar-refractivity contribution in [3.8, 4) is 0 Å². The fraction of sp³-hybridized carbons (Fsp3) is 0.429. The van der Waals surface area contributed by atoms with Crippen molar-refractivity contribution in [2.45, 2.75) is 31.7 Å². The van der Waals surface area contributed by atoms with Crippen LogP contribution in [0.2, 0.25) is 0 Å². The summed E-state index contributed by atoms with van der Waals surface area (Å²) in [5.74, 6) is 2.58. The fourth-order valence-electron chi connectivity index (χ4n) is 4.14. The van der Waals surface area contributed by atoms with E-state index < -0.39 is 0 Å². The van der Waals surface area contributed by atoms with Crippen LogP contribution in [0.15, 0.2) is 42.7 Å². The number of rotatable bonds is 4. The maximum Gasteiger partial charge on any atom is 0.228 e. The monoisotopic (exact) mass is 375 g/mol. The molecule has 1 saturated heterocycles. The highest BCUT2D eigenvalue weighted by molar-refractivity contribution is 5.90. The Bertz CT molecular complexity index is 932. The first-order valence-electron chi connectivity index (χ1n) is 10.2. The molecule has 2 fully saturated rings. The Hall–Kier alpha value is -2.96. The van der Waals surface area contributed by atoms with E-state index in [4.69, 9.17) is 9.97 Å². The van der Waals surface area contributed by atoms with Crippen LogP contribution < -0.4 is 15.1 Å². The fourth-order valence-corrected chi connectivity index (χ4v) is 4.14. The molecule has 1 N–H and O–H groups in total. The molecule has 0 atom stereocenters. The average Bonchev–Trinajstić information content (AvgIpc) is 3.27. The minimum absolute atomic E-state index is 0.526. The van der Waals surface area contributed by atoms with Crippen LogP contribution in [0.4, 0.5) is 17.7 Å². The molecular weight excluding hydrogens is 350 g/mol. The lowest BCUT2D eigenvalue weighted by atomic mass is 10.2. The van der Waals surface area contributed by atoms with Crippen molar-refractivity contribution in [1.82, 2.24) is 19.9 Å². The molecule has 1 aromatic carbocycles. The first-order valence-corrected chi connectivity index (χ1v) is 10.2. The molecule has 0 spiro atoms. The molecule has 1 aliphatic carbocycles. The molecule has 2 aromatic heterocycles. The second-order valence-corrected chi connectivity index (χ2v) is 7.54. The minimum atomic E-state index is 0.526. The number of fused-ring (bicyclic) bond motifs is 1. The van der Waals surface area contributed by atoms with Gasteiger partial charge in [0.05, 0.1) is 5.52 Å². The van der Waals surface area contributed by atoms with Crippen LogP contribution >= 0.6 is 0 Å². The zero-order valence-electron chi connectivity index (χ0n) is 16.0. The largest absolute Gasteiger partial charge is 0.367 e. The molecule has 5 rings (SSSR count). The van der Waals surface area contributed by atoms with Gasteiger partial charge in [-0.15, -0.1) is 0 Å². The lowest BCUT2D eigenvalue weighted by molar-refractivity contribution is 0.628. The van der Waals surface area contributed by atoms with Crippen LogP contribution in [0.5, 0.6) is 0 Å². The van der Waals surface area contributed by atoms with E-state index in [1.165, 1.54) is 25.7 Å².